The SMILES string of the molecule is C/C=C(\C1=CC(=O)C=CC1=O)c1ccccc1. The van der Waals surface area contributed by atoms with Crippen LogP contribution in [0.25, 0.3) is 5.57 Å². The first kappa shape index (κ1) is 11.3. The molecule has 0 atom stereocenters. The Morgan fingerprint density at radius 3 is 2.41 bits per heavy atom. The summed E-state index contributed by atoms with van der Waals surface area (Å²) in [6.45, 7) is 1.86. The summed E-state index contributed by atoms with van der Waals surface area (Å²) in [4.78, 5) is 23.1. The van der Waals surface area contributed by atoms with E-state index < -0.39 is 0 Å². The van der Waals surface area contributed by atoms with E-state index in [1.54, 1.807) is 0 Å². The molecule has 84 valence electrons. The van der Waals surface area contributed by atoms with Crippen molar-refractivity contribution in [1.82, 2.24) is 0 Å². The van der Waals surface area contributed by atoms with E-state index >= 15 is 0 Å². The first-order valence-electron chi connectivity index (χ1n) is 5.42. The highest BCUT2D eigenvalue weighted by Crippen LogP contribution is 2.25. The first-order valence-corrected chi connectivity index (χ1v) is 5.42. The maximum atomic E-state index is 11.8. The molecule has 0 aromatic heterocycles. The van der Waals surface area contributed by atoms with Crippen molar-refractivity contribution >= 4 is 17.1 Å². The summed E-state index contributed by atoms with van der Waals surface area (Å²) in [5.74, 6) is -0.267. The lowest BCUT2D eigenvalue weighted by Gasteiger charge is -2.11. The van der Waals surface area contributed by atoms with Crippen LogP contribution in [0.2, 0.25) is 0 Å². The summed E-state index contributed by atoms with van der Waals surface area (Å²) in [5.41, 5.74) is 2.21. The molecule has 1 aromatic carbocycles. The lowest BCUT2D eigenvalue weighted by molar-refractivity contribution is -0.114. The van der Waals surface area contributed by atoms with Gasteiger partial charge in [0.05, 0.1) is 0 Å². The van der Waals surface area contributed by atoms with Gasteiger partial charge in [-0.05, 0) is 36.3 Å². The number of carbonyl (C=O) groups is 2. The first-order chi connectivity index (χ1) is 8.22. The normalized spacial score (nSPS) is 16.1. The van der Waals surface area contributed by atoms with Gasteiger partial charge >= 0.3 is 0 Å². The van der Waals surface area contributed by atoms with Crippen molar-refractivity contribution in [3.8, 4) is 0 Å². The monoisotopic (exact) mass is 224 g/mol. The second kappa shape index (κ2) is 4.74. The number of benzene rings is 1. The number of ketones is 2. The number of hydrogen-bond donors (Lipinski definition) is 0. The third-order valence-electron chi connectivity index (χ3n) is 2.61. The van der Waals surface area contributed by atoms with Crippen molar-refractivity contribution in [2.75, 3.05) is 0 Å². The van der Waals surface area contributed by atoms with Gasteiger partial charge in [0.15, 0.2) is 11.6 Å². The Hall–Kier alpha value is -2.22. The van der Waals surface area contributed by atoms with E-state index in [1.807, 2.05) is 43.3 Å². The molecule has 0 amide bonds. The van der Waals surface area contributed by atoms with E-state index in [2.05, 4.69) is 0 Å². The number of carbonyl (C=O) groups excluding carboxylic acids is 2. The van der Waals surface area contributed by atoms with Crippen LogP contribution in [0.15, 0.2) is 60.2 Å². The van der Waals surface area contributed by atoms with Crippen molar-refractivity contribution in [2.24, 2.45) is 0 Å². The van der Waals surface area contributed by atoms with Gasteiger partial charge in [-0.15, -0.1) is 0 Å². The molecule has 0 bridgehead atoms. The van der Waals surface area contributed by atoms with E-state index in [4.69, 9.17) is 0 Å². The molecule has 0 fully saturated rings. The number of hydrogen-bond acceptors (Lipinski definition) is 2. The summed E-state index contributed by atoms with van der Waals surface area (Å²) in [7, 11) is 0. The molecule has 2 heteroatoms. The molecule has 0 heterocycles. The highest BCUT2D eigenvalue weighted by atomic mass is 16.1. The van der Waals surface area contributed by atoms with Gasteiger partial charge in [-0.1, -0.05) is 36.4 Å². The van der Waals surface area contributed by atoms with E-state index in [9.17, 15) is 9.59 Å². The molecule has 1 aliphatic rings. The van der Waals surface area contributed by atoms with Crippen LogP contribution in [-0.4, -0.2) is 11.6 Å². The van der Waals surface area contributed by atoms with Gasteiger partial charge in [-0.2, -0.15) is 0 Å². The van der Waals surface area contributed by atoms with Crippen molar-refractivity contribution in [3.63, 3.8) is 0 Å². The topological polar surface area (TPSA) is 34.1 Å². The molecular formula is C15H12O2. The standard InChI is InChI=1S/C15H12O2/c1-2-13(11-6-4-3-5-7-11)14-10-12(16)8-9-15(14)17/h2-10H,1H3/b13-2-. The molecule has 17 heavy (non-hydrogen) atoms. The van der Waals surface area contributed by atoms with Crippen LogP contribution >= 0.6 is 0 Å². The van der Waals surface area contributed by atoms with Gasteiger partial charge in [0.2, 0.25) is 0 Å². The molecule has 0 saturated heterocycles. The Bertz CT molecular complexity index is 546. The molecule has 0 unspecified atom stereocenters. The molecule has 0 N–H and O–H groups in total. The Morgan fingerprint density at radius 2 is 1.76 bits per heavy atom. The Kier molecular flexibility index (Phi) is 3.15. The van der Waals surface area contributed by atoms with E-state index in [-0.39, 0.29) is 11.6 Å². The highest BCUT2D eigenvalue weighted by Gasteiger charge is 2.17. The zero-order chi connectivity index (χ0) is 12.3. The molecule has 0 radical (unpaired) electrons. The highest BCUT2D eigenvalue weighted by molar-refractivity contribution is 6.24. The average Bonchev–Trinajstić information content (AvgIpc) is 2.36. The summed E-state index contributed by atoms with van der Waals surface area (Å²) in [6, 6.07) is 9.58. The molecule has 1 aliphatic carbocycles. The van der Waals surface area contributed by atoms with Gasteiger partial charge < -0.3 is 0 Å². The molecule has 0 aliphatic heterocycles. The van der Waals surface area contributed by atoms with Gasteiger partial charge in [-0.25, -0.2) is 0 Å². The maximum absolute atomic E-state index is 11.8. The van der Waals surface area contributed by atoms with Crippen molar-refractivity contribution in [3.05, 3.63) is 65.8 Å². The van der Waals surface area contributed by atoms with Crippen molar-refractivity contribution in [2.45, 2.75) is 6.92 Å². The zero-order valence-corrected chi connectivity index (χ0v) is 9.51. The van der Waals surface area contributed by atoms with Crippen molar-refractivity contribution in [1.29, 1.82) is 0 Å². The van der Waals surface area contributed by atoms with E-state index in [0.717, 1.165) is 11.1 Å². The fourth-order valence-electron chi connectivity index (χ4n) is 1.81. The Morgan fingerprint density at radius 1 is 1.06 bits per heavy atom. The average molecular weight is 224 g/mol. The number of rotatable bonds is 2. The minimum Gasteiger partial charge on any atom is -0.290 e. The Labute approximate surface area is 100.0 Å². The fraction of sp³-hybridized carbons (Fsp3) is 0.0667. The van der Waals surface area contributed by atoms with Gasteiger partial charge in [0.25, 0.3) is 0 Å². The fourth-order valence-corrected chi connectivity index (χ4v) is 1.81. The second-order valence-corrected chi connectivity index (χ2v) is 3.73. The van der Waals surface area contributed by atoms with Crippen molar-refractivity contribution < 1.29 is 9.59 Å². The summed E-state index contributed by atoms with van der Waals surface area (Å²) in [6.07, 6.45) is 5.87. The van der Waals surface area contributed by atoms with Crippen LogP contribution in [0.1, 0.15) is 12.5 Å². The third kappa shape index (κ3) is 2.31. The van der Waals surface area contributed by atoms with Crippen LogP contribution < -0.4 is 0 Å². The minimum atomic E-state index is -0.144. The van der Waals surface area contributed by atoms with Gasteiger partial charge in [0.1, 0.15) is 0 Å². The third-order valence-corrected chi connectivity index (χ3v) is 2.61. The number of allylic oxidation sites excluding steroid dienone is 6. The van der Waals surface area contributed by atoms with Crippen LogP contribution in [0.4, 0.5) is 0 Å². The molecular weight excluding hydrogens is 212 g/mol. The molecule has 2 nitrogen and oxygen atoms in total. The lowest BCUT2D eigenvalue weighted by Crippen LogP contribution is -2.09. The molecule has 2 rings (SSSR count). The smallest absolute Gasteiger partial charge is 0.186 e. The molecule has 1 aromatic rings. The minimum absolute atomic E-state index is 0.124. The zero-order valence-electron chi connectivity index (χ0n) is 9.51. The van der Waals surface area contributed by atoms with Gasteiger partial charge in [-0.3, -0.25) is 9.59 Å². The van der Waals surface area contributed by atoms with Crippen LogP contribution in [0.3, 0.4) is 0 Å². The lowest BCUT2D eigenvalue weighted by atomic mass is 9.91. The summed E-state index contributed by atoms with van der Waals surface area (Å²) in [5, 5.41) is 0. The van der Waals surface area contributed by atoms with E-state index in [0.29, 0.717) is 5.57 Å². The van der Waals surface area contributed by atoms with E-state index in [1.165, 1.54) is 18.2 Å². The Balaban J connectivity index is 2.45. The molecule has 0 spiro atoms. The van der Waals surface area contributed by atoms with Gasteiger partial charge in [0, 0.05) is 5.57 Å². The predicted octanol–water partition coefficient (Wildman–Crippen LogP) is 2.72. The summed E-state index contributed by atoms with van der Waals surface area (Å²) >= 11 is 0. The quantitative estimate of drug-likeness (QED) is 0.724. The van der Waals surface area contributed by atoms with Crippen LogP contribution in [0, 0.1) is 0 Å². The second-order valence-electron chi connectivity index (χ2n) is 3.73. The summed E-state index contributed by atoms with van der Waals surface area (Å²) < 4.78 is 0. The molecule has 0 saturated carbocycles. The van der Waals surface area contributed by atoms with Crippen LogP contribution in [-0.2, 0) is 9.59 Å². The largest absolute Gasteiger partial charge is 0.290 e. The predicted molar refractivity (Wildman–Crippen MR) is 67.3 cm³/mol. The van der Waals surface area contributed by atoms with Crippen LogP contribution in [0.5, 0.6) is 0 Å². The maximum Gasteiger partial charge on any atom is 0.186 e.